The summed E-state index contributed by atoms with van der Waals surface area (Å²) in [6, 6.07) is 10.2. The number of amides is 2. The first-order valence-corrected chi connectivity index (χ1v) is 13.6. The molecule has 2 atom stereocenters. The van der Waals surface area contributed by atoms with Gasteiger partial charge in [0.2, 0.25) is 21.8 Å². The second kappa shape index (κ2) is 12.1. The first kappa shape index (κ1) is 28.2. The molecule has 2 aromatic carbocycles. The van der Waals surface area contributed by atoms with Gasteiger partial charge in [0.05, 0.1) is 27.0 Å². The highest BCUT2D eigenvalue weighted by atomic mass is 35.5. The summed E-state index contributed by atoms with van der Waals surface area (Å²) in [4.78, 5) is 27.7. The van der Waals surface area contributed by atoms with E-state index in [1.54, 1.807) is 37.3 Å². The number of hydrogen-bond acceptors (Lipinski definition) is 4. The molecule has 11 heteroatoms. The first-order chi connectivity index (χ1) is 15.8. The van der Waals surface area contributed by atoms with Crippen LogP contribution in [-0.2, 0) is 26.2 Å². The van der Waals surface area contributed by atoms with Crippen LogP contribution in [0.25, 0.3) is 0 Å². The van der Waals surface area contributed by atoms with Crippen molar-refractivity contribution < 1.29 is 18.0 Å². The predicted molar refractivity (Wildman–Crippen MR) is 138 cm³/mol. The van der Waals surface area contributed by atoms with E-state index in [9.17, 15) is 18.0 Å². The van der Waals surface area contributed by atoms with Crippen LogP contribution in [0.5, 0.6) is 0 Å². The molecule has 186 valence electrons. The minimum Gasteiger partial charge on any atom is -0.352 e. The molecule has 0 saturated carbocycles. The van der Waals surface area contributed by atoms with E-state index >= 15 is 0 Å². The topological polar surface area (TPSA) is 86.8 Å². The molecule has 0 spiro atoms. The van der Waals surface area contributed by atoms with Gasteiger partial charge in [-0.1, -0.05) is 59.9 Å². The molecule has 2 rings (SSSR count). The standard InChI is InChI=1S/C23H28Cl3N3O4S/c1-5-15(2)27-23(31)16(3)28(13-17-10-11-18(24)20(26)12-17)22(30)14-29(34(4,32)33)21-9-7-6-8-19(21)25/h6-12,15-16H,5,13-14H2,1-4H3,(H,27,31). The summed E-state index contributed by atoms with van der Waals surface area (Å²) in [5.41, 5.74) is 0.806. The number of para-hydroxylation sites is 1. The number of halogens is 3. The average molecular weight is 549 g/mol. The summed E-state index contributed by atoms with van der Waals surface area (Å²) in [6.07, 6.45) is 1.71. The van der Waals surface area contributed by atoms with Gasteiger partial charge in [-0.05, 0) is 50.1 Å². The summed E-state index contributed by atoms with van der Waals surface area (Å²) in [6.45, 7) is 4.86. The number of benzene rings is 2. The highest BCUT2D eigenvalue weighted by Gasteiger charge is 2.31. The van der Waals surface area contributed by atoms with Gasteiger partial charge >= 0.3 is 0 Å². The second-order valence-electron chi connectivity index (χ2n) is 7.99. The lowest BCUT2D eigenvalue weighted by Gasteiger charge is -2.32. The number of nitrogens with one attached hydrogen (secondary N) is 1. The molecule has 0 aromatic heterocycles. The van der Waals surface area contributed by atoms with Crippen molar-refractivity contribution in [2.24, 2.45) is 0 Å². The summed E-state index contributed by atoms with van der Waals surface area (Å²) < 4.78 is 26.0. The Labute approximate surface area is 216 Å². The molecule has 2 amide bonds. The van der Waals surface area contributed by atoms with Gasteiger partial charge in [-0.3, -0.25) is 13.9 Å². The van der Waals surface area contributed by atoms with Gasteiger partial charge in [0, 0.05) is 12.6 Å². The summed E-state index contributed by atoms with van der Waals surface area (Å²) in [5.74, 6) is -0.936. The van der Waals surface area contributed by atoms with E-state index in [1.807, 2.05) is 13.8 Å². The molecular weight excluding hydrogens is 521 g/mol. The van der Waals surface area contributed by atoms with Crippen molar-refractivity contribution >= 4 is 62.3 Å². The summed E-state index contributed by atoms with van der Waals surface area (Å²) in [7, 11) is -3.86. The van der Waals surface area contributed by atoms with E-state index in [0.717, 1.165) is 10.6 Å². The number of nitrogens with zero attached hydrogens (tertiary/aromatic N) is 2. The maximum Gasteiger partial charge on any atom is 0.244 e. The maximum absolute atomic E-state index is 13.5. The van der Waals surface area contributed by atoms with Gasteiger partial charge < -0.3 is 10.2 Å². The van der Waals surface area contributed by atoms with Crippen molar-refractivity contribution in [3.05, 3.63) is 63.1 Å². The van der Waals surface area contributed by atoms with Crippen molar-refractivity contribution in [3.63, 3.8) is 0 Å². The lowest BCUT2D eigenvalue weighted by molar-refractivity contribution is -0.139. The van der Waals surface area contributed by atoms with Gasteiger partial charge in [-0.25, -0.2) is 8.42 Å². The van der Waals surface area contributed by atoms with Crippen LogP contribution in [0, 0.1) is 0 Å². The van der Waals surface area contributed by atoms with Crippen molar-refractivity contribution in [2.75, 3.05) is 17.1 Å². The number of carbonyl (C=O) groups is 2. The fourth-order valence-corrected chi connectivity index (χ4v) is 4.60. The molecular formula is C23H28Cl3N3O4S. The van der Waals surface area contributed by atoms with Crippen molar-refractivity contribution in [1.29, 1.82) is 0 Å². The number of hydrogen-bond donors (Lipinski definition) is 1. The Balaban J connectivity index is 2.42. The molecule has 2 aromatic rings. The number of anilines is 1. The molecule has 0 radical (unpaired) electrons. The predicted octanol–water partition coefficient (Wildman–Crippen LogP) is 4.74. The Morgan fingerprint density at radius 1 is 1.00 bits per heavy atom. The van der Waals surface area contributed by atoms with Gasteiger partial charge in [0.25, 0.3) is 0 Å². The Bertz CT molecular complexity index is 1140. The van der Waals surface area contributed by atoms with Crippen LogP contribution >= 0.6 is 34.8 Å². The Morgan fingerprint density at radius 2 is 1.65 bits per heavy atom. The van der Waals surface area contributed by atoms with Crippen LogP contribution < -0.4 is 9.62 Å². The van der Waals surface area contributed by atoms with E-state index in [1.165, 1.54) is 17.0 Å². The van der Waals surface area contributed by atoms with Crippen LogP contribution in [0.4, 0.5) is 5.69 Å². The van der Waals surface area contributed by atoms with E-state index in [0.29, 0.717) is 22.0 Å². The molecule has 0 aliphatic heterocycles. The number of rotatable bonds is 10. The molecule has 7 nitrogen and oxygen atoms in total. The van der Waals surface area contributed by atoms with Gasteiger partial charge in [0.1, 0.15) is 12.6 Å². The lowest BCUT2D eigenvalue weighted by atomic mass is 10.1. The van der Waals surface area contributed by atoms with Crippen LogP contribution in [-0.4, -0.2) is 50.0 Å². The third-order valence-corrected chi connectivity index (χ3v) is 7.49. The zero-order valence-corrected chi connectivity index (χ0v) is 22.5. The van der Waals surface area contributed by atoms with Gasteiger partial charge in [0.15, 0.2) is 0 Å². The van der Waals surface area contributed by atoms with Crippen molar-refractivity contribution in [1.82, 2.24) is 10.2 Å². The van der Waals surface area contributed by atoms with Crippen LogP contribution in [0.1, 0.15) is 32.8 Å². The molecule has 2 unspecified atom stereocenters. The second-order valence-corrected chi connectivity index (χ2v) is 11.1. The smallest absolute Gasteiger partial charge is 0.244 e. The average Bonchev–Trinajstić information content (AvgIpc) is 2.77. The SMILES string of the molecule is CCC(C)NC(=O)C(C)N(Cc1ccc(Cl)c(Cl)c1)C(=O)CN(c1ccccc1Cl)S(C)(=O)=O. The van der Waals surface area contributed by atoms with Crippen LogP contribution in [0.15, 0.2) is 42.5 Å². The van der Waals surface area contributed by atoms with E-state index in [4.69, 9.17) is 34.8 Å². The minimum absolute atomic E-state index is 0.0188. The van der Waals surface area contributed by atoms with Gasteiger partial charge in [-0.15, -0.1) is 0 Å². The molecule has 0 aliphatic carbocycles. The molecule has 0 bridgehead atoms. The normalized spacial score (nSPS) is 13.1. The quantitative estimate of drug-likeness (QED) is 0.464. The van der Waals surface area contributed by atoms with E-state index in [2.05, 4.69) is 5.32 Å². The monoisotopic (exact) mass is 547 g/mol. The first-order valence-electron chi connectivity index (χ1n) is 10.6. The lowest BCUT2D eigenvalue weighted by Crippen LogP contribution is -2.52. The van der Waals surface area contributed by atoms with Crippen LogP contribution in [0.2, 0.25) is 15.1 Å². The number of carbonyl (C=O) groups excluding carboxylic acids is 2. The van der Waals surface area contributed by atoms with E-state index in [-0.39, 0.29) is 29.2 Å². The van der Waals surface area contributed by atoms with Crippen LogP contribution in [0.3, 0.4) is 0 Å². The fourth-order valence-electron chi connectivity index (χ4n) is 3.13. The fraction of sp³-hybridized carbons (Fsp3) is 0.391. The third kappa shape index (κ3) is 7.50. The van der Waals surface area contributed by atoms with Gasteiger partial charge in [-0.2, -0.15) is 0 Å². The summed E-state index contributed by atoms with van der Waals surface area (Å²) >= 11 is 18.4. The number of sulfonamides is 1. The minimum atomic E-state index is -3.86. The molecule has 0 saturated heterocycles. The van der Waals surface area contributed by atoms with Crippen molar-refractivity contribution in [3.8, 4) is 0 Å². The zero-order valence-electron chi connectivity index (χ0n) is 19.4. The van der Waals surface area contributed by atoms with Crippen molar-refractivity contribution in [2.45, 2.75) is 45.8 Å². The Morgan fingerprint density at radius 3 is 2.21 bits per heavy atom. The largest absolute Gasteiger partial charge is 0.352 e. The Hall–Kier alpha value is -2.00. The third-order valence-electron chi connectivity index (χ3n) is 5.31. The molecule has 0 heterocycles. The zero-order chi connectivity index (χ0) is 25.6. The molecule has 1 N–H and O–H groups in total. The Kier molecular flexibility index (Phi) is 10.1. The molecule has 0 fully saturated rings. The summed E-state index contributed by atoms with van der Waals surface area (Å²) in [5, 5.41) is 3.70. The van der Waals surface area contributed by atoms with E-state index < -0.39 is 28.5 Å². The molecule has 34 heavy (non-hydrogen) atoms. The highest BCUT2D eigenvalue weighted by molar-refractivity contribution is 7.92. The molecule has 0 aliphatic rings. The maximum atomic E-state index is 13.5. The highest BCUT2D eigenvalue weighted by Crippen LogP contribution is 2.28.